The van der Waals surface area contributed by atoms with Crippen LogP contribution in [-0.2, 0) is 11.3 Å². The lowest BCUT2D eigenvalue weighted by Crippen LogP contribution is -2.27. The third kappa shape index (κ3) is 5.00. The van der Waals surface area contributed by atoms with Crippen LogP contribution in [0, 0.1) is 11.6 Å². The highest BCUT2D eigenvalue weighted by molar-refractivity contribution is 7.80. The fraction of sp³-hybridized carbons (Fsp3) is 0.192. The Morgan fingerprint density at radius 3 is 2.41 bits per heavy atom. The zero-order chi connectivity index (χ0) is 26.9. The van der Waals surface area contributed by atoms with Gasteiger partial charge in [-0.3, -0.25) is 18.4 Å². The molecule has 0 fully saturated rings. The molecule has 11 heteroatoms. The smallest absolute Gasteiger partial charge is 0.261 e. The summed E-state index contributed by atoms with van der Waals surface area (Å²) >= 11 is -2.56. The largest absolute Gasteiger partial charge is 0.345 e. The molecule has 2 aromatic carbocycles. The van der Waals surface area contributed by atoms with Crippen molar-refractivity contribution < 1.29 is 27.1 Å². The molecule has 0 saturated carbocycles. The van der Waals surface area contributed by atoms with Gasteiger partial charge in [-0.2, -0.15) is 0 Å². The SMILES string of the molecule is CCCN(c1ccc(F)c(C(=O)c2c[nH]c3ncc(-c4ccc(C(=O)N(C)C)cc4)cc23)c1F)S(=O)O. The maximum absolute atomic E-state index is 15.4. The molecule has 4 rings (SSSR count). The highest BCUT2D eigenvalue weighted by Crippen LogP contribution is 2.31. The molecule has 2 N–H and O–H groups in total. The second kappa shape index (κ2) is 10.6. The van der Waals surface area contributed by atoms with Gasteiger partial charge in [-0.25, -0.2) is 18.0 Å². The number of halogens is 2. The van der Waals surface area contributed by atoms with Crippen LogP contribution in [0.25, 0.3) is 22.2 Å². The summed E-state index contributed by atoms with van der Waals surface area (Å²) in [4.78, 5) is 34.2. The number of carbonyl (C=O) groups excluding carboxylic acids is 2. The maximum atomic E-state index is 15.4. The molecule has 1 atom stereocenters. The number of pyridine rings is 1. The van der Waals surface area contributed by atoms with Crippen molar-refractivity contribution in [2.45, 2.75) is 13.3 Å². The van der Waals surface area contributed by atoms with Crippen molar-refractivity contribution in [2.24, 2.45) is 0 Å². The van der Waals surface area contributed by atoms with Gasteiger partial charge in [-0.1, -0.05) is 19.1 Å². The number of nitrogens with zero attached hydrogens (tertiary/aromatic N) is 3. The van der Waals surface area contributed by atoms with E-state index in [0.29, 0.717) is 28.6 Å². The molecule has 0 bridgehead atoms. The Kier molecular flexibility index (Phi) is 7.46. The molecule has 0 aliphatic heterocycles. The van der Waals surface area contributed by atoms with Crippen LogP contribution in [0.1, 0.15) is 39.6 Å². The number of ketones is 1. The Morgan fingerprint density at radius 1 is 1.08 bits per heavy atom. The molecule has 0 aliphatic rings. The number of fused-ring (bicyclic) bond motifs is 1. The first-order valence-electron chi connectivity index (χ1n) is 11.3. The summed E-state index contributed by atoms with van der Waals surface area (Å²) < 4.78 is 52.3. The molecule has 2 heterocycles. The van der Waals surface area contributed by atoms with E-state index in [-0.39, 0.29) is 23.7 Å². The number of aromatic nitrogens is 2. The summed E-state index contributed by atoms with van der Waals surface area (Å²) in [6.07, 6.45) is 3.33. The van der Waals surface area contributed by atoms with Gasteiger partial charge in [0.15, 0.2) is 5.82 Å². The molecule has 1 unspecified atom stereocenters. The van der Waals surface area contributed by atoms with Gasteiger partial charge in [-0.15, -0.1) is 0 Å². The molecule has 0 spiro atoms. The summed E-state index contributed by atoms with van der Waals surface area (Å²) in [6.45, 7) is 1.76. The fourth-order valence-corrected chi connectivity index (χ4v) is 4.62. The lowest BCUT2D eigenvalue weighted by molar-refractivity contribution is 0.0827. The average molecular weight is 527 g/mol. The van der Waals surface area contributed by atoms with Gasteiger partial charge in [0.25, 0.3) is 17.2 Å². The highest BCUT2D eigenvalue weighted by Gasteiger charge is 2.27. The van der Waals surface area contributed by atoms with Crippen LogP contribution in [0.3, 0.4) is 0 Å². The minimum atomic E-state index is -2.56. The van der Waals surface area contributed by atoms with Gasteiger partial charge < -0.3 is 9.88 Å². The van der Waals surface area contributed by atoms with Crippen molar-refractivity contribution in [1.82, 2.24) is 14.9 Å². The molecule has 0 aliphatic carbocycles. The second-order valence-corrected chi connectivity index (χ2v) is 9.42. The maximum Gasteiger partial charge on any atom is 0.261 e. The molecule has 2 aromatic heterocycles. The summed E-state index contributed by atoms with van der Waals surface area (Å²) in [7, 11) is 3.31. The van der Waals surface area contributed by atoms with E-state index in [1.165, 1.54) is 11.1 Å². The molecule has 0 saturated heterocycles. The summed E-state index contributed by atoms with van der Waals surface area (Å²) in [6, 6.07) is 10.4. The first-order valence-corrected chi connectivity index (χ1v) is 12.4. The number of hydrogen-bond acceptors (Lipinski definition) is 4. The normalized spacial score (nSPS) is 11.9. The number of aromatic amines is 1. The zero-order valence-corrected chi connectivity index (χ0v) is 21.1. The molecule has 37 heavy (non-hydrogen) atoms. The predicted octanol–water partition coefficient (Wildman–Crippen LogP) is 4.79. The van der Waals surface area contributed by atoms with Crippen molar-refractivity contribution in [2.75, 3.05) is 24.9 Å². The standard InChI is InChI=1S/C26H24F2N4O4S/c1-4-11-32(37(35)36)21-10-9-20(27)22(23(21)28)24(33)19-14-30-25-18(19)12-17(13-29-25)15-5-7-16(8-6-15)26(34)31(2)3/h5-10,12-14H,4,11H2,1-3H3,(H,29,30)(H,35,36). The van der Waals surface area contributed by atoms with E-state index in [4.69, 9.17) is 0 Å². The minimum Gasteiger partial charge on any atom is -0.345 e. The van der Waals surface area contributed by atoms with Crippen LogP contribution in [0.4, 0.5) is 14.5 Å². The topological polar surface area (TPSA) is 107 Å². The Morgan fingerprint density at radius 2 is 1.78 bits per heavy atom. The Hall–Kier alpha value is -3.96. The van der Waals surface area contributed by atoms with E-state index in [1.807, 2.05) is 0 Å². The molecule has 1 amide bonds. The number of nitrogens with one attached hydrogen (secondary N) is 1. The predicted molar refractivity (Wildman–Crippen MR) is 138 cm³/mol. The lowest BCUT2D eigenvalue weighted by atomic mass is 9.99. The summed E-state index contributed by atoms with van der Waals surface area (Å²) in [5, 5.41) is 0.344. The van der Waals surface area contributed by atoms with E-state index in [9.17, 15) is 22.7 Å². The molecule has 0 radical (unpaired) electrons. The Balaban J connectivity index is 1.76. The zero-order valence-electron chi connectivity index (χ0n) is 20.3. The van der Waals surface area contributed by atoms with Crippen molar-refractivity contribution in [1.29, 1.82) is 0 Å². The molecular weight excluding hydrogens is 502 g/mol. The van der Waals surface area contributed by atoms with E-state index < -0.39 is 34.2 Å². The average Bonchev–Trinajstić information content (AvgIpc) is 3.30. The number of carbonyl (C=O) groups is 2. The van der Waals surface area contributed by atoms with Crippen LogP contribution >= 0.6 is 0 Å². The number of rotatable bonds is 8. The van der Waals surface area contributed by atoms with Crippen LogP contribution in [-0.4, -0.2) is 56.0 Å². The monoisotopic (exact) mass is 526 g/mol. The van der Waals surface area contributed by atoms with E-state index in [1.54, 1.807) is 57.5 Å². The summed E-state index contributed by atoms with van der Waals surface area (Å²) in [5.74, 6) is -3.40. The van der Waals surface area contributed by atoms with E-state index in [0.717, 1.165) is 22.0 Å². The molecule has 8 nitrogen and oxygen atoms in total. The first-order chi connectivity index (χ1) is 17.6. The van der Waals surface area contributed by atoms with Crippen LogP contribution in [0.15, 0.2) is 54.9 Å². The van der Waals surface area contributed by atoms with Crippen molar-refractivity contribution in [3.63, 3.8) is 0 Å². The molecule has 4 aromatic rings. The van der Waals surface area contributed by atoms with Crippen molar-refractivity contribution in [3.05, 3.63) is 83.2 Å². The minimum absolute atomic E-state index is 0.00846. The number of H-pyrrole nitrogens is 1. The second-order valence-electron chi connectivity index (χ2n) is 8.52. The van der Waals surface area contributed by atoms with Gasteiger partial charge in [-0.05, 0) is 42.3 Å². The highest BCUT2D eigenvalue weighted by atomic mass is 32.2. The van der Waals surface area contributed by atoms with Crippen LogP contribution in [0.2, 0.25) is 0 Å². The van der Waals surface area contributed by atoms with Crippen LogP contribution < -0.4 is 4.31 Å². The fourth-order valence-electron chi connectivity index (χ4n) is 3.98. The quantitative estimate of drug-likeness (QED) is 0.254. The molecule has 192 valence electrons. The van der Waals surface area contributed by atoms with E-state index in [2.05, 4.69) is 9.97 Å². The Labute approximate surface area is 214 Å². The van der Waals surface area contributed by atoms with Gasteiger partial charge >= 0.3 is 0 Å². The third-order valence-electron chi connectivity index (χ3n) is 5.83. The first kappa shape index (κ1) is 26.1. The van der Waals surface area contributed by atoms with Crippen LogP contribution in [0.5, 0.6) is 0 Å². The number of hydrogen-bond donors (Lipinski definition) is 2. The van der Waals surface area contributed by atoms with Gasteiger partial charge in [0.05, 0.1) is 11.3 Å². The number of benzene rings is 2. The van der Waals surface area contributed by atoms with Gasteiger partial charge in [0.1, 0.15) is 11.5 Å². The summed E-state index contributed by atoms with van der Waals surface area (Å²) in [5.41, 5.74) is 1.01. The van der Waals surface area contributed by atoms with Gasteiger partial charge in [0.2, 0.25) is 5.78 Å². The van der Waals surface area contributed by atoms with E-state index >= 15 is 4.39 Å². The Bertz CT molecular complexity index is 1520. The van der Waals surface area contributed by atoms with Crippen molar-refractivity contribution >= 4 is 39.7 Å². The number of amides is 1. The van der Waals surface area contributed by atoms with Crippen molar-refractivity contribution in [3.8, 4) is 11.1 Å². The number of anilines is 1. The molecular formula is C26H24F2N4O4S. The van der Waals surface area contributed by atoms with Gasteiger partial charge in [0, 0.05) is 55.1 Å². The third-order valence-corrected chi connectivity index (χ3v) is 6.59. The lowest BCUT2D eigenvalue weighted by Gasteiger charge is -2.20.